The first-order chi connectivity index (χ1) is 9.22. The number of rotatable bonds is 5. The molecule has 1 atom stereocenters. The molecule has 0 aliphatic rings. The summed E-state index contributed by atoms with van der Waals surface area (Å²) < 4.78 is 5.51. The zero-order chi connectivity index (χ0) is 13.7. The van der Waals surface area contributed by atoms with Gasteiger partial charge in [0, 0.05) is 6.42 Å². The van der Waals surface area contributed by atoms with Gasteiger partial charge in [-0.1, -0.05) is 55.8 Å². The van der Waals surface area contributed by atoms with Crippen LogP contribution in [0.1, 0.15) is 44.8 Å². The lowest BCUT2D eigenvalue weighted by molar-refractivity contribution is -0.148. The number of unbranched alkanes of at least 4 members (excludes halogenated alkanes) is 1. The van der Waals surface area contributed by atoms with Crippen molar-refractivity contribution in [2.75, 3.05) is 0 Å². The van der Waals surface area contributed by atoms with Gasteiger partial charge in [0.1, 0.15) is 6.10 Å². The van der Waals surface area contributed by atoms with Gasteiger partial charge in [0.15, 0.2) is 0 Å². The lowest BCUT2D eigenvalue weighted by Gasteiger charge is -2.15. The Morgan fingerprint density at radius 3 is 2.68 bits per heavy atom. The number of fused-ring (bicyclic) bond motifs is 1. The highest BCUT2D eigenvalue weighted by Gasteiger charge is 2.13. The van der Waals surface area contributed by atoms with Gasteiger partial charge in [-0.3, -0.25) is 4.79 Å². The topological polar surface area (TPSA) is 26.3 Å². The van der Waals surface area contributed by atoms with E-state index in [2.05, 4.69) is 25.1 Å². The molecule has 2 rings (SSSR count). The van der Waals surface area contributed by atoms with Gasteiger partial charge in [-0.15, -0.1) is 0 Å². The van der Waals surface area contributed by atoms with Crippen molar-refractivity contribution in [3.8, 4) is 0 Å². The summed E-state index contributed by atoms with van der Waals surface area (Å²) in [6.45, 7) is 4.01. The van der Waals surface area contributed by atoms with E-state index in [1.54, 1.807) is 0 Å². The molecule has 0 aromatic heterocycles. The number of hydrogen-bond donors (Lipinski definition) is 0. The van der Waals surface area contributed by atoms with Crippen LogP contribution in [0.4, 0.5) is 0 Å². The molecule has 0 aliphatic heterocycles. The van der Waals surface area contributed by atoms with Gasteiger partial charge in [-0.25, -0.2) is 0 Å². The second kappa shape index (κ2) is 6.37. The Morgan fingerprint density at radius 1 is 1.16 bits per heavy atom. The van der Waals surface area contributed by atoms with Gasteiger partial charge in [0.2, 0.25) is 0 Å². The minimum Gasteiger partial charge on any atom is -0.458 e. The third kappa shape index (κ3) is 3.34. The molecule has 0 saturated carbocycles. The normalized spacial score (nSPS) is 12.3. The summed E-state index contributed by atoms with van der Waals surface area (Å²) in [5.74, 6) is -0.109. The summed E-state index contributed by atoms with van der Waals surface area (Å²) in [6, 6.07) is 14.3. The van der Waals surface area contributed by atoms with Crippen LogP contribution < -0.4 is 0 Å². The van der Waals surface area contributed by atoms with Crippen LogP contribution in [0.15, 0.2) is 42.5 Å². The lowest BCUT2D eigenvalue weighted by atomic mass is 10.0. The van der Waals surface area contributed by atoms with Crippen LogP contribution in [0.2, 0.25) is 0 Å². The van der Waals surface area contributed by atoms with E-state index in [0.717, 1.165) is 23.8 Å². The standard InChI is InChI=1S/C17H20O2/c1-3-4-12-17(18)19-13(2)15-11-7-9-14-8-5-6-10-16(14)15/h5-11,13H,3-4,12H2,1-2H3/t13-/m0/s1. The monoisotopic (exact) mass is 256 g/mol. The van der Waals surface area contributed by atoms with Crippen molar-refractivity contribution >= 4 is 16.7 Å². The first kappa shape index (κ1) is 13.6. The largest absolute Gasteiger partial charge is 0.458 e. The summed E-state index contributed by atoms with van der Waals surface area (Å²) in [5.41, 5.74) is 1.07. The maximum Gasteiger partial charge on any atom is 0.306 e. The van der Waals surface area contributed by atoms with Crippen LogP contribution >= 0.6 is 0 Å². The smallest absolute Gasteiger partial charge is 0.306 e. The zero-order valence-corrected chi connectivity index (χ0v) is 11.6. The lowest BCUT2D eigenvalue weighted by Crippen LogP contribution is -2.08. The third-order valence-corrected chi connectivity index (χ3v) is 3.30. The van der Waals surface area contributed by atoms with Gasteiger partial charge in [-0.2, -0.15) is 0 Å². The molecule has 19 heavy (non-hydrogen) atoms. The molecule has 0 radical (unpaired) electrons. The van der Waals surface area contributed by atoms with Crippen LogP contribution in [0.5, 0.6) is 0 Å². The molecule has 2 aromatic carbocycles. The summed E-state index contributed by atoms with van der Waals surface area (Å²) in [6.07, 6.45) is 2.21. The number of hydrogen-bond acceptors (Lipinski definition) is 2. The molecule has 0 saturated heterocycles. The fourth-order valence-electron chi connectivity index (χ4n) is 2.25. The van der Waals surface area contributed by atoms with Crippen molar-refractivity contribution in [1.82, 2.24) is 0 Å². The van der Waals surface area contributed by atoms with Gasteiger partial charge < -0.3 is 4.74 Å². The average Bonchev–Trinajstić information content (AvgIpc) is 2.44. The van der Waals surface area contributed by atoms with Crippen LogP contribution in [0, 0.1) is 0 Å². The minimum atomic E-state index is -0.199. The highest BCUT2D eigenvalue weighted by molar-refractivity contribution is 5.86. The van der Waals surface area contributed by atoms with Gasteiger partial charge in [0.25, 0.3) is 0 Å². The van der Waals surface area contributed by atoms with Crippen molar-refractivity contribution in [2.24, 2.45) is 0 Å². The van der Waals surface area contributed by atoms with Crippen LogP contribution in [0.3, 0.4) is 0 Å². The van der Waals surface area contributed by atoms with E-state index in [9.17, 15) is 4.79 Å². The molecular formula is C17H20O2. The molecule has 0 amide bonds. The molecule has 100 valence electrons. The Morgan fingerprint density at radius 2 is 1.89 bits per heavy atom. The summed E-state index contributed by atoms with van der Waals surface area (Å²) in [4.78, 5) is 11.7. The van der Waals surface area contributed by atoms with E-state index in [1.165, 1.54) is 5.39 Å². The van der Waals surface area contributed by atoms with Crippen molar-refractivity contribution in [2.45, 2.75) is 39.2 Å². The van der Waals surface area contributed by atoms with Gasteiger partial charge in [0.05, 0.1) is 0 Å². The van der Waals surface area contributed by atoms with Crippen molar-refractivity contribution in [3.05, 3.63) is 48.0 Å². The average molecular weight is 256 g/mol. The van der Waals surface area contributed by atoms with Crippen LogP contribution in [-0.2, 0) is 9.53 Å². The molecule has 0 fully saturated rings. The maximum absolute atomic E-state index is 11.7. The molecule has 2 heteroatoms. The molecule has 0 bridgehead atoms. The number of benzene rings is 2. The fraction of sp³-hybridized carbons (Fsp3) is 0.353. The second-order valence-corrected chi connectivity index (χ2v) is 4.80. The molecule has 0 aliphatic carbocycles. The van der Waals surface area contributed by atoms with E-state index in [-0.39, 0.29) is 12.1 Å². The van der Waals surface area contributed by atoms with E-state index >= 15 is 0 Å². The summed E-state index contributed by atoms with van der Waals surface area (Å²) in [5, 5.41) is 2.33. The molecular weight excluding hydrogens is 236 g/mol. The first-order valence-corrected chi connectivity index (χ1v) is 6.89. The number of ether oxygens (including phenoxy) is 1. The van der Waals surface area contributed by atoms with Gasteiger partial charge >= 0.3 is 5.97 Å². The van der Waals surface area contributed by atoms with Crippen molar-refractivity contribution in [1.29, 1.82) is 0 Å². The Balaban J connectivity index is 2.17. The maximum atomic E-state index is 11.7. The van der Waals surface area contributed by atoms with E-state index < -0.39 is 0 Å². The molecule has 0 N–H and O–H groups in total. The first-order valence-electron chi connectivity index (χ1n) is 6.89. The van der Waals surface area contributed by atoms with Gasteiger partial charge in [-0.05, 0) is 29.7 Å². The van der Waals surface area contributed by atoms with E-state index in [1.807, 2.05) is 31.2 Å². The highest BCUT2D eigenvalue weighted by atomic mass is 16.5. The number of esters is 1. The van der Waals surface area contributed by atoms with Crippen molar-refractivity contribution < 1.29 is 9.53 Å². The highest BCUT2D eigenvalue weighted by Crippen LogP contribution is 2.26. The van der Waals surface area contributed by atoms with Crippen LogP contribution in [-0.4, -0.2) is 5.97 Å². The zero-order valence-electron chi connectivity index (χ0n) is 11.6. The Labute approximate surface area is 114 Å². The predicted molar refractivity (Wildman–Crippen MR) is 78.0 cm³/mol. The second-order valence-electron chi connectivity index (χ2n) is 4.80. The quantitative estimate of drug-likeness (QED) is 0.729. The fourth-order valence-corrected chi connectivity index (χ4v) is 2.25. The molecule has 0 unspecified atom stereocenters. The number of carbonyl (C=O) groups is 1. The van der Waals surface area contributed by atoms with Crippen LogP contribution in [0.25, 0.3) is 10.8 Å². The Kier molecular flexibility index (Phi) is 4.56. The molecule has 0 heterocycles. The SMILES string of the molecule is CCCCC(=O)O[C@@H](C)c1cccc2ccccc12. The summed E-state index contributed by atoms with van der Waals surface area (Å²) >= 11 is 0. The Bertz CT molecular complexity index is 555. The number of carbonyl (C=O) groups excluding carboxylic acids is 1. The Hall–Kier alpha value is -1.83. The van der Waals surface area contributed by atoms with E-state index in [0.29, 0.717) is 6.42 Å². The minimum absolute atomic E-state index is 0.109. The summed E-state index contributed by atoms with van der Waals surface area (Å²) in [7, 11) is 0. The predicted octanol–water partition coefficient (Wildman–Crippen LogP) is 4.63. The van der Waals surface area contributed by atoms with Crippen molar-refractivity contribution in [3.63, 3.8) is 0 Å². The van der Waals surface area contributed by atoms with E-state index in [4.69, 9.17) is 4.74 Å². The molecule has 2 aromatic rings. The molecule has 2 nitrogen and oxygen atoms in total. The molecule has 0 spiro atoms. The third-order valence-electron chi connectivity index (χ3n) is 3.30.